The Balaban J connectivity index is 1.80. The summed E-state index contributed by atoms with van der Waals surface area (Å²) in [6.07, 6.45) is 1.31. The van der Waals surface area contributed by atoms with Crippen LogP contribution in [-0.4, -0.2) is 27.4 Å². The van der Waals surface area contributed by atoms with E-state index in [4.69, 9.17) is 4.74 Å². The lowest BCUT2D eigenvalue weighted by Crippen LogP contribution is -2.22. The first-order valence-corrected chi connectivity index (χ1v) is 9.01. The van der Waals surface area contributed by atoms with Crippen LogP contribution in [0.25, 0.3) is 11.3 Å². The van der Waals surface area contributed by atoms with Crippen LogP contribution in [0.5, 0.6) is 5.88 Å². The van der Waals surface area contributed by atoms with Gasteiger partial charge in [-0.05, 0) is 17.9 Å². The highest BCUT2D eigenvalue weighted by Gasteiger charge is 2.25. The lowest BCUT2D eigenvalue weighted by molar-refractivity contribution is -0.255. The fourth-order valence-corrected chi connectivity index (χ4v) is 2.98. The Labute approximate surface area is 153 Å². The van der Waals surface area contributed by atoms with Crippen molar-refractivity contribution < 1.29 is 14.6 Å². The van der Waals surface area contributed by atoms with Gasteiger partial charge < -0.3 is 20.0 Å². The molecule has 2 aromatic carbocycles. The van der Waals surface area contributed by atoms with Crippen molar-refractivity contribution >= 4 is 23.4 Å². The largest absolute Gasteiger partial charge is 0.545 e. The van der Waals surface area contributed by atoms with Gasteiger partial charge in [0.1, 0.15) is 0 Å². The van der Waals surface area contributed by atoms with Crippen LogP contribution in [0.15, 0.2) is 53.7 Å². The van der Waals surface area contributed by atoms with Crippen molar-refractivity contribution in [2.24, 2.45) is 0 Å². The fourth-order valence-electron chi connectivity index (χ4n) is 2.68. The molecular formula is C18H13N4O3S-. The molecule has 0 saturated carbocycles. The summed E-state index contributed by atoms with van der Waals surface area (Å²) in [6.45, 7) is 0. The van der Waals surface area contributed by atoms with E-state index in [0.29, 0.717) is 16.7 Å². The minimum Gasteiger partial charge on any atom is -0.545 e. The van der Waals surface area contributed by atoms with Crippen molar-refractivity contribution in [3.05, 3.63) is 59.7 Å². The summed E-state index contributed by atoms with van der Waals surface area (Å²) in [5.41, 5.74) is 3.08. The second-order valence-electron chi connectivity index (χ2n) is 5.55. The second kappa shape index (κ2) is 6.64. The van der Waals surface area contributed by atoms with Gasteiger partial charge in [0.25, 0.3) is 0 Å². The zero-order valence-corrected chi connectivity index (χ0v) is 14.5. The molecule has 3 aromatic rings. The van der Waals surface area contributed by atoms with Gasteiger partial charge in [0, 0.05) is 16.8 Å². The summed E-state index contributed by atoms with van der Waals surface area (Å²) in [6, 6.07) is 14.0. The summed E-state index contributed by atoms with van der Waals surface area (Å²) < 4.78 is 6.07. The third-order valence-corrected chi connectivity index (χ3v) is 4.50. The van der Waals surface area contributed by atoms with Crippen LogP contribution in [0, 0.1) is 0 Å². The van der Waals surface area contributed by atoms with E-state index in [0.717, 1.165) is 16.8 Å². The molecule has 0 spiro atoms. The number of nitrogens with one attached hydrogen (secondary N) is 1. The molecule has 26 heavy (non-hydrogen) atoms. The van der Waals surface area contributed by atoms with Crippen LogP contribution >= 0.6 is 11.8 Å². The van der Waals surface area contributed by atoms with E-state index >= 15 is 0 Å². The van der Waals surface area contributed by atoms with Crippen molar-refractivity contribution in [2.45, 2.75) is 11.4 Å². The van der Waals surface area contributed by atoms with Crippen LogP contribution in [0.4, 0.5) is 5.69 Å². The molecule has 4 rings (SSSR count). The molecule has 130 valence electrons. The Kier molecular flexibility index (Phi) is 4.18. The second-order valence-corrected chi connectivity index (χ2v) is 6.32. The predicted octanol–water partition coefficient (Wildman–Crippen LogP) is 2.13. The lowest BCUT2D eigenvalue weighted by atomic mass is 10.1. The van der Waals surface area contributed by atoms with E-state index in [1.165, 1.54) is 23.9 Å². The number of nitrogens with zero attached hydrogens (tertiary/aromatic N) is 3. The zero-order valence-electron chi connectivity index (χ0n) is 13.7. The Hall–Kier alpha value is -3.13. The van der Waals surface area contributed by atoms with Gasteiger partial charge in [-0.3, -0.25) is 0 Å². The molecule has 0 radical (unpaired) electrons. The van der Waals surface area contributed by atoms with E-state index in [1.54, 1.807) is 12.1 Å². The summed E-state index contributed by atoms with van der Waals surface area (Å²) in [7, 11) is 0. The van der Waals surface area contributed by atoms with Gasteiger partial charge in [0.15, 0.2) is 11.9 Å². The Morgan fingerprint density at radius 1 is 1.15 bits per heavy atom. The molecule has 8 heteroatoms. The standard InChI is InChI=1S/C18H14N4O3S/c1-26-18-20-16-14(21-22-18)12-4-2-3-5-13(12)19-15(25-16)10-6-8-11(9-7-10)17(23)24/h2-9,15,19H,1H3,(H,23,24)/p-1/t15-/m0/s1. The zero-order chi connectivity index (χ0) is 18.1. The van der Waals surface area contributed by atoms with Crippen molar-refractivity contribution in [2.75, 3.05) is 11.6 Å². The summed E-state index contributed by atoms with van der Waals surface area (Å²) in [5.74, 6) is -0.848. The molecule has 0 aliphatic carbocycles. The fraction of sp³-hybridized carbons (Fsp3) is 0.111. The van der Waals surface area contributed by atoms with Crippen LogP contribution in [0.3, 0.4) is 0 Å². The molecule has 2 heterocycles. The van der Waals surface area contributed by atoms with Crippen LogP contribution in [0.2, 0.25) is 0 Å². The maximum atomic E-state index is 11.0. The number of benzene rings is 2. The maximum absolute atomic E-state index is 11.0. The van der Waals surface area contributed by atoms with Gasteiger partial charge in [-0.2, -0.15) is 4.98 Å². The number of aromatic carboxylic acids is 1. The van der Waals surface area contributed by atoms with E-state index < -0.39 is 12.2 Å². The van der Waals surface area contributed by atoms with Crippen molar-refractivity contribution in [3.63, 3.8) is 0 Å². The first-order chi connectivity index (χ1) is 12.7. The Bertz CT molecular complexity index is 978. The molecule has 0 bridgehead atoms. The number of hydrogen-bond acceptors (Lipinski definition) is 8. The summed E-state index contributed by atoms with van der Waals surface area (Å²) in [5, 5.41) is 23.1. The molecule has 0 fully saturated rings. The van der Waals surface area contributed by atoms with Crippen LogP contribution in [-0.2, 0) is 0 Å². The number of carbonyl (C=O) groups is 1. The van der Waals surface area contributed by atoms with Gasteiger partial charge >= 0.3 is 0 Å². The number of para-hydroxylation sites is 1. The molecule has 1 aliphatic heterocycles. The number of rotatable bonds is 3. The minimum atomic E-state index is -1.22. The average molecular weight is 365 g/mol. The van der Waals surface area contributed by atoms with Crippen molar-refractivity contribution in [3.8, 4) is 17.1 Å². The molecule has 0 unspecified atom stereocenters. The molecule has 0 saturated heterocycles. The highest BCUT2D eigenvalue weighted by atomic mass is 32.2. The van der Waals surface area contributed by atoms with Gasteiger partial charge in [-0.25, -0.2) is 0 Å². The lowest BCUT2D eigenvalue weighted by Gasteiger charge is -2.19. The number of carboxylic acids is 1. The maximum Gasteiger partial charge on any atom is 0.247 e. The Morgan fingerprint density at radius 2 is 1.92 bits per heavy atom. The SMILES string of the molecule is CSc1nnc2c(n1)O[C@@H](c1ccc(C(=O)[O-])cc1)Nc1ccccc1-2. The van der Waals surface area contributed by atoms with E-state index in [1.807, 2.05) is 30.5 Å². The smallest absolute Gasteiger partial charge is 0.247 e. The third kappa shape index (κ3) is 2.95. The summed E-state index contributed by atoms with van der Waals surface area (Å²) >= 11 is 1.37. The molecule has 1 atom stereocenters. The molecule has 1 N–H and O–H groups in total. The monoisotopic (exact) mass is 365 g/mol. The number of carbonyl (C=O) groups excluding carboxylic acids is 1. The molecular weight excluding hydrogens is 352 g/mol. The number of hydrogen-bond donors (Lipinski definition) is 1. The topological polar surface area (TPSA) is 100 Å². The van der Waals surface area contributed by atoms with Gasteiger partial charge in [0.05, 0.1) is 5.97 Å². The molecule has 7 nitrogen and oxygen atoms in total. The number of thioether (sulfide) groups is 1. The summed E-state index contributed by atoms with van der Waals surface area (Å²) in [4.78, 5) is 15.4. The first kappa shape index (κ1) is 16.3. The van der Waals surface area contributed by atoms with Crippen LogP contribution in [0.1, 0.15) is 22.1 Å². The van der Waals surface area contributed by atoms with Gasteiger partial charge in [-0.15, -0.1) is 10.2 Å². The number of carboxylic acid groups (broad SMARTS) is 1. The van der Waals surface area contributed by atoms with Gasteiger partial charge in [-0.1, -0.05) is 54.2 Å². The molecule has 1 aromatic heterocycles. The number of fused-ring (bicyclic) bond motifs is 3. The van der Waals surface area contributed by atoms with E-state index in [2.05, 4.69) is 20.5 Å². The normalized spacial score (nSPS) is 15.0. The highest BCUT2D eigenvalue weighted by Crippen LogP contribution is 2.39. The molecule has 1 aliphatic rings. The number of aromatic nitrogens is 3. The highest BCUT2D eigenvalue weighted by molar-refractivity contribution is 7.98. The number of anilines is 1. The third-order valence-electron chi connectivity index (χ3n) is 3.97. The van der Waals surface area contributed by atoms with E-state index in [9.17, 15) is 9.90 Å². The van der Waals surface area contributed by atoms with Gasteiger partial charge in [0.2, 0.25) is 11.0 Å². The first-order valence-electron chi connectivity index (χ1n) is 7.78. The molecule has 0 amide bonds. The quantitative estimate of drug-likeness (QED) is 0.705. The van der Waals surface area contributed by atoms with E-state index in [-0.39, 0.29) is 5.56 Å². The minimum absolute atomic E-state index is 0.108. The van der Waals surface area contributed by atoms with Crippen molar-refractivity contribution in [1.82, 2.24) is 15.2 Å². The predicted molar refractivity (Wildman–Crippen MR) is 94.8 cm³/mol. The number of ether oxygens (including phenoxy) is 1. The van der Waals surface area contributed by atoms with Crippen LogP contribution < -0.4 is 15.2 Å². The average Bonchev–Trinajstić information content (AvgIpc) is 2.84. The Morgan fingerprint density at radius 3 is 2.65 bits per heavy atom. The van der Waals surface area contributed by atoms with Crippen molar-refractivity contribution in [1.29, 1.82) is 0 Å².